The first-order valence-corrected chi connectivity index (χ1v) is 6.56. The number of rotatable bonds is 4. The van der Waals surface area contributed by atoms with Crippen LogP contribution >= 0.6 is 0 Å². The highest BCUT2D eigenvalue weighted by Gasteiger charge is 2.24. The van der Waals surface area contributed by atoms with Gasteiger partial charge in [0.05, 0.1) is 19.6 Å². The van der Waals surface area contributed by atoms with Crippen molar-refractivity contribution in [3.8, 4) is 5.75 Å². The molecule has 0 saturated carbocycles. The molecule has 0 spiro atoms. The molecule has 6 nitrogen and oxygen atoms in total. The van der Waals surface area contributed by atoms with Crippen molar-refractivity contribution in [1.82, 2.24) is 9.80 Å². The van der Waals surface area contributed by atoms with Crippen molar-refractivity contribution in [1.29, 1.82) is 0 Å². The highest BCUT2D eigenvalue weighted by atomic mass is 16.5. The Hall–Kier alpha value is -2.24. The number of ether oxygens (including phenoxy) is 1. The van der Waals surface area contributed by atoms with Crippen LogP contribution in [0.2, 0.25) is 0 Å². The van der Waals surface area contributed by atoms with Crippen LogP contribution < -0.4 is 10.5 Å². The highest BCUT2D eigenvalue weighted by Crippen LogP contribution is 2.14. The van der Waals surface area contributed by atoms with E-state index in [2.05, 4.69) is 0 Å². The van der Waals surface area contributed by atoms with Crippen LogP contribution in [-0.2, 0) is 9.59 Å². The molecular weight excluding hydrogens is 258 g/mol. The number of amides is 2. The maximum Gasteiger partial charge on any atom is 0.241 e. The van der Waals surface area contributed by atoms with Gasteiger partial charge < -0.3 is 20.3 Å². The minimum Gasteiger partial charge on any atom is -0.493 e. The average molecular weight is 277 g/mol. The quantitative estimate of drug-likeness (QED) is 0.805. The number of nitrogens with zero attached hydrogens (tertiary/aromatic N) is 2. The van der Waals surface area contributed by atoms with Crippen LogP contribution in [-0.4, -0.2) is 54.9 Å². The third-order valence-corrected chi connectivity index (χ3v) is 3.25. The lowest BCUT2D eigenvalue weighted by atomic mass is 10.3. The lowest BCUT2D eigenvalue weighted by Gasteiger charge is -2.32. The van der Waals surface area contributed by atoms with Crippen LogP contribution in [0.3, 0.4) is 0 Å². The van der Waals surface area contributed by atoms with Crippen LogP contribution in [0.25, 0.3) is 0 Å². The van der Waals surface area contributed by atoms with Crippen molar-refractivity contribution in [2.24, 2.45) is 0 Å². The minimum absolute atomic E-state index is 0.0265. The summed E-state index contributed by atoms with van der Waals surface area (Å²) in [5, 5.41) is 0. The number of carbonyl (C=O) groups is 2. The van der Waals surface area contributed by atoms with Crippen molar-refractivity contribution in [3.63, 3.8) is 0 Å². The molecule has 0 radical (unpaired) electrons. The summed E-state index contributed by atoms with van der Waals surface area (Å²) in [7, 11) is 1.74. The Bertz CT molecular complexity index is 504. The van der Waals surface area contributed by atoms with Gasteiger partial charge in [-0.1, -0.05) is 6.07 Å². The lowest BCUT2D eigenvalue weighted by Crippen LogP contribution is -2.50. The lowest BCUT2D eigenvalue weighted by molar-refractivity contribution is -0.144. The maximum absolute atomic E-state index is 12.0. The standard InChI is InChI=1S/C14H19N3O3/c1-16-6-7-17(10-14(16)19)13(18)5-8-20-12-4-2-3-11(15)9-12/h2-4,9H,5-8,10,15H2,1H3. The summed E-state index contributed by atoms with van der Waals surface area (Å²) in [6.07, 6.45) is 0.256. The summed E-state index contributed by atoms with van der Waals surface area (Å²) >= 11 is 0. The zero-order valence-electron chi connectivity index (χ0n) is 11.5. The molecule has 6 heteroatoms. The molecule has 108 valence electrons. The Labute approximate surface area is 118 Å². The molecule has 1 aromatic carbocycles. The molecule has 2 amide bonds. The molecule has 20 heavy (non-hydrogen) atoms. The van der Waals surface area contributed by atoms with Crippen molar-refractivity contribution in [2.75, 3.05) is 39.0 Å². The Balaban J connectivity index is 1.77. The van der Waals surface area contributed by atoms with Crippen molar-refractivity contribution in [3.05, 3.63) is 24.3 Å². The van der Waals surface area contributed by atoms with E-state index in [0.717, 1.165) is 0 Å². The van der Waals surface area contributed by atoms with E-state index in [9.17, 15) is 9.59 Å². The molecule has 0 aliphatic carbocycles. The van der Waals surface area contributed by atoms with Gasteiger partial charge in [0.1, 0.15) is 5.75 Å². The first-order valence-electron chi connectivity index (χ1n) is 6.56. The monoisotopic (exact) mass is 277 g/mol. The molecule has 1 fully saturated rings. The van der Waals surface area contributed by atoms with Crippen molar-refractivity contribution >= 4 is 17.5 Å². The molecule has 1 aromatic rings. The molecule has 1 aliphatic heterocycles. The molecule has 0 unspecified atom stereocenters. The second-order valence-electron chi connectivity index (χ2n) is 4.80. The third-order valence-electron chi connectivity index (χ3n) is 3.25. The fraction of sp³-hybridized carbons (Fsp3) is 0.429. The summed E-state index contributed by atoms with van der Waals surface area (Å²) in [5.41, 5.74) is 6.26. The van der Waals surface area contributed by atoms with Crippen LogP contribution in [0.1, 0.15) is 6.42 Å². The number of nitrogens with two attached hydrogens (primary N) is 1. The SMILES string of the molecule is CN1CCN(C(=O)CCOc2cccc(N)c2)CC1=O. The summed E-state index contributed by atoms with van der Waals surface area (Å²) < 4.78 is 5.47. The molecule has 1 heterocycles. The number of hydrogen-bond acceptors (Lipinski definition) is 4. The maximum atomic E-state index is 12.0. The summed E-state index contributed by atoms with van der Waals surface area (Å²) in [6.45, 7) is 1.61. The van der Waals surface area contributed by atoms with Crippen LogP contribution in [0, 0.1) is 0 Å². The minimum atomic E-state index is -0.0599. The zero-order valence-corrected chi connectivity index (χ0v) is 11.5. The topological polar surface area (TPSA) is 75.9 Å². The molecule has 0 atom stereocenters. The van der Waals surface area contributed by atoms with E-state index in [1.165, 1.54) is 0 Å². The Morgan fingerprint density at radius 1 is 1.40 bits per heavy atom. The first-order chi connectivity index (χ1) is 9.56. The predicted octanol–water partition coefficient (Wildman–Crippen LogP) is 0.338. The van der Waals surface area contributed by atoms with E-state index in [-0.39, 0.29) is 31.4 Å². The van der Waals surface area contributed by atoms with Gasteiger partial charge in [0.2, 0.25) is 11.8 Å². The van der Waals surface area contributed by atoms with E-state index in [1.807, 2.05) is 0 Å². The first kappa shape index (κ1) is 14.2. The molecule has 0 aromatic heterocycles. The highest BCUT2D eigenvalue weighted by molar-refractivity contribution is 5.85. The summed E-state index contributed by atoms with van der Waals surface area (Å²) in [6, 6.07) is 7.07. The van der Waals surface area contributed by atoms with Gasteiger partial charge in [0.25, 0.3) is 0 Å². The van der Waals surface area contributed by atoms with Gasteiger partial charge >= 0.3 is 0 Å². The third kappa shape index (κ3) is 3.63. The largest absolute Gasteiger partial charge is 0.493 e. The number of nitrogen functional groups attached to an aromatic ring is 1. The van der Waals surface area contributed by atoms with Gasteiger partial charge in [-0.2, -0.15) is 0 Å². The molecule has 1 saturated heterocycles. The van der Waals surface area contributed by atoms with Gasteiger partial charge in [0, 0.05) is 31.9 Å². The van der Waals surface area contributed by atoms with E-state index in [0.29, 0.717) is 24.5 Å². The number of benzene rings is 1. The number of anilines is 1. The van der Waals surface area contributed by atoms with Crippen LogP contribution in [0.15, 0.2) is 24.3 Å². The molecule has 2 rings (SSSR count). The second-order valence-corrected chi connectivity index (χ2v) is 4.80. The molecule has 2 N–H and O–H groups in total. The van der Waals surface area contributed by atoms with Crippen molar-refractivity contribution < 1.29 is 14.3 Å². The van der Waals surface area contributed by atoms with Crippen LogP contribution in [0.4, 0.5) is 5.69 Å². The van der Waals surface area contributed by atoms with Gasteiger partial charge in [-0.05, 0) is 12.1 Å². The number of likely N-dealkylation sites (N-methyl/N-ethyl adjacent to an activating group) is 1. The van der Waals surface area contributed by atoms with Crippen molar-refractivity contribution in [2.45, 2.75) is 6.42 Å². The van der Waals surface area contributed by atoms with E-state index >= 15 is 0 Å². The fourth-order valence-corrected chi connectivity index (χ4v) is 1.99. The van der Waals surface area contributed by atoms with E-state index in [1.54, 1.807) is 41.1 Å². The van der Waals surface area contributed by atoms with Gasteiger partial charge in [-0.15, -0.1) is 0 Å². The number of piperazine rings is 1. The number of carbonyl (C=O) groups excluding carboxylic acids is 2. The fourth-order valence-electron chi connectivity index (χ4n) is 1.99. The van der Waals surface area contributed by atoms with Gasteiger partial charge in [-0.3, -0.25) is 9.59 Å². The zero-order chi connectivity index (χ0) is 14.5. The van der Waals surface area contributed by atoms with Gasteiger partial charge in [0.15, 0.2) is 0 Å². The average Bonchev–Trinajstić information content (AvgIpc) is 2.42. The summed E-state index contributed by atoms with van der Waals surface area (Å²) in [4.78, 5) is 26.7. The smallest absolute Gasteiger partial charge is 0.241 e. The summed E-state index contributed by atoms with van der Waals surface area (Å²) in [5.74, 6) is 0.559. The number of hydrogen-bond donors (Lipinski definition) is 1. The predicted molar refractivity (Wildman–Crippen MR) is 75.2 cm³/mol. The molecule has 1 aliphatic rings. The normalized spacial score (nSPS) is 15.3. The van der Waals surface area contributed by atoms with Gasteiger partial charge in [-0.25, -0.2) is 0 Å². The van der Waals surface area contributed by atoms with E-state index < -0.39 is 0 Å². The Morgan fingerprint density at radius 3 is 2.90 bits per heavy atom. The Kier molecular flexibility index (Phi) is 4.45. The van der Waals surface area contributed by atoms with E-state index in [4.69, 9.17) is 10.5 Å². The molecular formula is C14H19N3O3. The second kappa shape index (κ2) is 6.27. The Morgan fingerprint density at radius 2 is 2.20 bits per heavy atom. The molecule has 0 bridgehead atoms. The van der Waals surface area contributed by atoms with Crippen LogP contribution in [0.5, 0.6) is 5.75 Å².